The molecule has 2 aromatic carbocycles. The average Bonchev–Trinajstić information content (AvgIpc) is 2.93. The number of allylic oxidation sites excluding steroid dienone is 1. The van der Waals surface area contributed by atoms with Crippen molar-refractivity contribution < 1.29 is 22.7 Å². The number of ether oxygens (including phenoxy) is 1. The van der Waals surface area contributed by atoms with Crippen molar-refractivity contribution in [2.24, 2.45) is 0 Å². The molecule has 7 nitrogen and oxygen atoms in total. The highest BCUT2D eigenvalue weighted by molar-refractivity contribution is 7.89. The lowest BCUT2D eigenvalue weighted by atomic mass is 9.83. The normalized spacial score (nSPS) is 16.3. The number of hydrogen-bond acceptors (Lipinski definition) is 6. The summed E-state index contributed by atoms with van der Waals surface area (Å²) >= 11 is 6.07. The van der Waals surface area contributed by atoms with Gasteiger partial charge in [-0.15, -0.1) is 0 Å². The first-order valence-corrected chi connectivity index (χ1v) is 11.7. The van der Waals surface area contributed by atoms with E-state index < -0.39 is 28.4 Å². The number of likely N-dealkylation sites (N-methyl/N-ethyl adjacent to an activating group) is 1. The molecule has 0 fully saturated rings. The van der Waals surface area contributed by atoms with Gasteiger partial charge in [-0.2, -0.15) is 0 Å². The Bertz CT molecular complexity index is 1220. The van der Waals surface area contributed by atoms with E-state index in [0.717, 1.165) is 27.3 Å². The number of rotatable bonds is 6. The summed E-state index contributed by atoms with van der Waals surface area (Å²) in [6.07, 6.45) is 1.47. The molecule has 3 rings (SSSR count). The molecule has 170 valence electrons. The topological polar surface area (TPSA) is 84.0 Å². The molecule has 0 aromatic heterocycles. The zero-order valence-corrected chi connectivity index (χ0v) is 20.1. The Hall–Kier alpha value is -2.68. The lowest BCUT2D eigenvalue weighted by Crippen LogP contribution is -2.25. The molecule has 2 aromatic rings. The number of carbonyl (C=O) groups excluding carboxylic acids is 2. The number of hydrogen-bond donors (Lipinski definition) is 0. The summed E-state index contributed by atoms with van der Waals surface area (Å²) < 4.78 is 30.8. The van der Waals surface area contributed by atoms with Crippen LogP contribution in [0.2, 0.25) is 5.02 Å². The zero-order valence-electron chi connectivity index (χ0n) is 18.5. The summed E-state index contributed by atoms with van der Waals surface area (Å²) in [7, 11) is 0.893. The Balaban J connectivity index is 1.77. The number of halogens is 1. The summed E-state index contributed by atoms with van der Waals surface area (Å²) in [5, 5.41) is 0.0330. The van der Waals surface area contributed by atoms with Gasteiger partial charge in [0.25, 0.3) is 0 Å². The van der Waals surface area contributed by atoms with Gasteiger partial charge in [-0.25, -0.2) is 17.5 Å². The third-order valence-corrected chi connectivity index (χ3v) is 7.66. The fourth-order valence-corrected chi connectivity index (χ4v) is 4.82. The van der Waals surface area contributed by atoms with Crippen molar-refractivity contribution in [3.63, 3.8) is 0 Å². The maximum absolute atomic E-state index is 12.6. The SMILES string of the molecule is CN1C(=CC(=O)COC(=O)c2cc(S(=O)(=O)N(C)C)ccc2Cl)C(C)(C)c2ccccc21. The number of carbonyl (C=O) groups is 2. The van der Waals surface area contributed by atoms with Crippen LogP contribution in [0.4, 0.5) is 5.69 Å². The average molecular weight is 477 g/mol. The van der Waals surface area contributed by atoms with E-state index in [1.54, 1.807) is 0 Å². The van der Waals surface area contributed by atoms with Crippen molar-refractivity contribution in [2.45, 2.75) is 24.2 Å². The number of ketones is 1. The van der Waals surface area contributed by atoms with Crippen molar-refractivity contribution in [1.82, 2.24) is 4.31 Å². The van der Waals surface area contributed by atoms with Crippen LogP contribution in [0.25, 0.3) is 0 Å². The van der Waals surface area contributed by atoms with Crippen molar-refractivity contribution in [3.05, 3.63) is 70.4 Å². The maximum atomic E-state index is 12.6. The number of para-hydroxylation sites is 1. The molecule has 0 amide bonds. The van der Waals surface area contributed by atoms with E-state index in [9.17, 15) is 18.0 Å². The second-order valence-electron chi connectivity index (χ2n) is 8.20. The van der Waals surface area contributed by atoms with Crippen molar-refractivity contribution in [1.29, 1.82) is 0 Å². The minimum atomic E-state index is -3.76. The highest BCUT2D eigenvalue weighted by Gasteiger charge is 2.38. The van der Waals surface area contributed by atoms with Crippen LogP contribution in [-0.2, 0) is 25.0 Å². The van der Waals surface area contributed by atoms with Crippen molar-refractivity contribution >= 4 is 39.1 Å². The smallest absolute Gasteiger partial charge is 0.340 e. The zero-order chi connectivity index (χ0) is 23.8. The molecular formula is C23H25ClN2O5S. The quantitative estimate of drug-likeness (QED) is 0.467. The van der Waals surface area contributed by atoms with E-state index >= 15 is 0 Å². The molecule has 0 unspecified atom stereocenters. The Morgan fingerprint density at radius 2 is 1.81 bits per heavy atom. The molecular weight excluding hydrogens is 452 g/mol. The monoisotopic (exact) mass is 476 g/mol. The molecule has 1 aliphatic rings. The van der Waals surface area contributed by atoms with Crippen LogP contribution in [0.15, 0.2) is 59.1 Å². The molecule has 0 saturated carbocycles. The predicted molar refractivity (Wildman–Crippen MR) is 124 cm³/mol. The van der Waals surface area contributed by atoms with Gasteiger partial charge in [0.05, 0.1) is 15.5 Å². The second-order valence-corrected chi connectivity index (χ2v) is 10.8. The lowest BCUT2D eigenvalue weighted by molar-refractivity contribution is -0.117. The van der Waals surface area contributed by atoms with Gasteiger partial charge in [0.15, 0.2) is 12.4 Å². The van der Waals surface area contributed by atoms with Crippen LogP contribution < -0.4 is 4.90 Å². The Morgan fingerprint density at radius 3 is 2.44 bits per heavy atom. The predicted octanol–water partition coefficient (Wildman–Crippen LogP) is 3.63. The first kappa shape index (κ1) is 24.0. The summed E-state index contributed by atoms with van der Waals surface area (Å²) in [5.41, 5.74) is 2.39. The Labute approximate surface area is 193 Å². The van der Waals surface area contributed by atoms with Gasteiger partial charge in [-0.1, -0.05) is 43.6 Å². The molecule has 0 N–H and O–H groups in total. The van der Waals surface area contributed by atoms with Gasteiger partial charge in [0.2, 0.25) is 10.0 Å². The summed E-state index contributed by atoms with van der Waals surface area (Å²) in [6, 6.07) is 11.7. The van der Waals surface area contributed by atoms with E-state index in [1.807, 2.05) is 50.1 Å². The van der Waals surface area contributed by atoms with Gasteiger partial charge in [0, 0.05) is 44.0 Å². The van der Waals surface area contributed by atoms with Crippen LogP contribution in [-0.4, -0.2) is 52.2 Å². The Morgan fingerprint density at radius 1 is 1.16 bits per heavy atom. The third kappa shape index (κ3) is 4.30. The first-order valence-electron chi connectivity index (χ1n) is 9.85. The van der Waals surface area contributed by atoms with Crippen LogP contribution in [0.5, 0.6) is 0 Å². The highest BCUT2D eigenvalue weighted by Crippen LogP contribution is 2.46. The standard InChI is InChI=1S/C23H25ClN2O5S/c1-23(2)18-8-6-7-9-20(18)26(5)21(23)12-15(27)14-31-22(28)17-13-16(10-11-19(17)24)32(29,30)25(3)4/h6-13H,14H2,1-5H3. The van der Waals surface area contributed by atoms with Crippen LogP contribution in [0.3, 0.4) is 0 Å². The molecule has 0 atom stereocenters. The Kier molecular flexibility index (Phi) is 6.51. The van der Waals surface area contributed by atoms with Crippen LogP contribution in [0.1, 0.15) is 29.8 Å². The number of nitrogens with zero attached hydrogens (tertiary/aromatic N) is 2. The number of sulfonamides is 1. The minimum Gasteiger partial charge on any atom is -0.454 e. The second kappa shape index (κ2) is 8.69. The van der Waals surface area contributed by atoms with E-state index in [1.165, 1.54) is 32.3 Å². The summed E-state index contributed by atoms with van der Waals surface area (Å²) in [4.78, 5) is 27.0. The molecule has 1 heterocycles. The fourth-order valence-electron chi connectivity index (χ4n) is 3.70. The highest BCUT2D eigenvalue weighted by atomic mass is 35.5. The first-order chi connectivity index (χ1) is 14.9. The minimum absolute atomic E-state index is 0.0330. The van der Waals surface area contributed by atoms with Gasteiger partial charge in [-0.05, 0) is 29.8 Å². The number of benzene rings is 2. The molecule has 1 aliphatic heterocycles. The molecule has 0 bridgehead atoms. The van der Waals surface area contributed by atoms with Gasteiger partial charge >= 0.3 is 5.97 Å². The number of esters is 1. The molecule has 0 aliphatic carbocycles. The maximum Gasteiger partial charge on any atom is 0.340 e. The largest absolute Gasteiger partial charge is 0.454 e. The number of anilines is 1. The fraction of sp³-hybridized carbons (Fsp3) is 0.304. The molecule has 0 spiro atoms. The van der Waals surface area contributed by atoms with E-state index in [-0.39, 0.29) is 20.9 Å². The van der Waals surface area contributed by atoms with Crippen molar-refractivity contribution in [3.8, 4) is 0 Å². The third-order valence-electron chi connectivity index (χ3n) is 5.52. The summed E-state index contributed by atoms with van der Waals surface area (Å²) in [5.74, 6) is -1.27. The van der Waals surface area contributed by atoms with E-state index in [2.05, 4.69) is 0 Å². The molecule has 32 heavy (non-hydrogen) atoms. The van der Waals surface area contributed by atoms with Gasteiger partial charge in [-0.3, -0.25) is 4.79 Å². The van der Waals surface area contributed by atoms with Crippen molar-refractivity contribution in [2.75, 3.05) is 32.6 Å². The molecule has 9 heteroatoms. The summed E-state index contributed by atoms with van der Waals surface area (Å²) in [6.45, 7) is 3.55. The number of fused-ring (bicyclic) bond motifs is 1. The van der Waals surface area contributed by atoms with Crippen LogP contribution >= 0.6 is 11.6 Å². The van der Waals surface area contributed by atoms with E-state index in [4.69, 9.17) is 16.3 Å². The van der Waals surface area contributed by atoms with Crippen LogP contribution in [0, 0.1) is 0 Å². The lowest BCUT2D eigenvalue weighted by Gasteiger charge is -2.23. The van der Waals surface area contributed by atoms with E-state index in [0.29, 0.717) is 0 Å². The van der Waals surface area contributed by atoms with Gasteiger partial charge in [0.1, 0.15) is 0 Å². The van der Waals surface area contributed by atoms with Gasteiger partial charge < -0.3 is 9.64 Å². The molecule has 0 saturated heterocycles. The molecule has 0 radical (unpaired) electrons.